The SMILES string of the molecule is CNCCc1ccccc1C(=O)N1CCC(COC)CC1. The van der Waals surface area contributed by atoms with Gasteiger partial charge in [0.25, 0.3) is 5.91 Å². The molecule has 0 radical (unpaired) electrons. The van der Waals surface area contributed by atoms with E-state index in [0.717, 1.165) is 56.6 Å². The molecule has 1 aromatic carbocycles. The van der Waals surface area contributed by atoms with Gasteiger partial charge in [-0.2, -0.15) is 0 Å². The van der Waals surface area contributed by atoms with E-state index >= 15 is 0 Å². The first-order chi connectivity index (χ1) is 10.3. The van der Waals surface area contributed by atoms with Crippen molar-refractivity contribution in [2.24, 2.45) is 5.92 Å². The third kappa shape index (κ3) is 4.29. The molecular formula is C17H26N2O2. The van der Waals surface area contributed by atoms with E-state index in [-0.39, 0.29) is 5.91 Å². The minimum absolute atomic E-state index is 0.178. The van der Waals surface area contributed by atoms with Gasteiger partial charge in [0, 0.05) is 32.4 Å². The number of methoxy groups -OCH3 is 1. The van der Waals surface area contributed by atoms with Crippen LogP contribution < -0.4 is 5.32 Å². The number of hydrogen-bond acceptors (Lipinski definition) is 3. The fraction of sp³-hybridized carbons (Fsp3) is 0.588. The molecule has 1 aliphatic rings. The third-order valence-corrected chi connectivity index (χ3v) is 4.20. The van der Waals surface area contributed by atoms with E-state index in [1.165, 1.54) is 0 Å². The number of rotatable bonds is 6. The second kappa shape index (κ2) is 8.15. The standard InChI is InChI=1S/C17H26N2O2/c1-18-10-7-15-5-3-4-6-16(15)17(20)19-11-8-14(9-12-19)13-21-2/h3-6,14,18H,7-13H2,1-2H3. The van der Waals surface area contributed by atoms with Crippen LogP contribution in [0.15, 0.2) is 24.3 Å². The molecule has 0 saturated carbocycles. The number of nitrogens with one attached hydrogen (secondary N) is 1. The maximum absolute atomic E-state index is 12.7. The fourth-order valence-electron chi connectivity index (χ4n) is 2.92. The Morgan fingerprint density at radius 3 is 2.71 bits per heavy atom. The lowest BCUT2D eigenvalue weighted by atomic mass is 9.96. The molecule has 1 fully saturated rings. The zero-order chi connectivity index (χ0) is 15.1. The van der Waals surface area contributed by atoms with Crippen molar-refractivity contribution >= 4 is 5.91 Å². The van der Waals surface area contributed by atoms with Crippen LogP contribution in [-0.2, 0) is 11.2 Å². The summed E-state index contributed by atoms with van der Waals surface area (Å²) >= 11 is 0. The molecule has 116 valence electrons. The maximum Gasteiger partial charge on any atom is 0.254 e. The molecule has 0 atom stereocenters. The van der Waals surface area contributed by atoms with E-state index in [4.69, 9.17) is 4.74 Å². The Bertz CT molecular complexity index is 454. The summed E-state index contributed by atoms with van der Waals surface area (Å²) in [5.74, 6) is 0.774. The van der Waals surface area contributed by atoms with Crippen molar-refractivity contribution in [2.45, 2.75) is 19.3 Å². The van der Waals surface area contributed by atoms with Crippen LogP contribution in [0.25, 0.3) is 0 Å². The van der Waals surface area contributed by atoms with Crippen molar-refractivity contribution in [3.63, 3.8) is 0 Å². The van der Waals surface area contributed by atoms with Gasteiger partial charge in [-0.15, -0.1) is 0 Å². The molecule has 0 bridgehead atoms. The molecule has 0 unspecified atom stereocenters. The summed E-state index contributed by atoms with van der Waals surface area (Å²) in [5.41, 5.74) is 1.99. The summed E-state index contributed by atoms with van der Waals surface area (Å²) in [5, 5.41) is 3.14. The molecule has 1 aromatic rings. The molecule has 4 nitrogen and oxygen atoms in total. The first-order valence-corrected chi connectivity index (χ1v) is 7.77. The van der Waals surface area contributed by atoms with Crippen LogP contribution in [0.2, 0.25) is 0 Å². The summed E-state index contributed by atoms with van der Waals surface area (Å²) in [6.45, 7) is 3.38. The van der Waals surface area contributed by atoms with E-state index in [1.54, 1.807) is 7.11 Å². The topological polar surface area (TPSA) is 41.6 Å². The van der Waals surface area contributed by atoms with Gasteiger partial charge in [-0.25, -0.2) is 0 Å². The summed E-state index contributed by atoms with van der Waals surface area (Å²) in [7, 11) is 3.68. The lowest BCUT2D eigenvalue weighted by Crippen LogP contribution is -2.39. The van der Waals surface area contributed by atoms with Crippen molar-refractivity contribution in [1.82, 2.24) is 10.2 Å². The van der Waals surface area contributed by atoms with Crippen LogP contribution >= 0.6 is 0 Å². The van der Waals surface area contributed by atoms with Crippen LogP contribution in [0.4, 0.5) is 0 Å². The molecule has 0 aromatic heterocycles. The number of carbonyl (C=O) groups is 1. The minimum atomic E-state index is 0.178. The summed E-state index contributed by atoms with van der Waals surface area (Å²) in [6.07, 6.45) is 2.97. The first-order valence-electron chi connectivity index (χ1n) is 7.77. The Hall–Kier alpha value is -1.39. The van der Waals surface area contributed by atoms with Crippen LogP contribution in [0.3, 0.4) is 0 Å². The molecule has 1 amide bonds. The number of amides is 1. The number of nitrogens with zero attached hydrogens (tertiary/aromatic N) is 1. The summed E-state index contributed by atoms with van der Waals surface area (Å²) in [4.78, 5) is 14.7. The highest BCUT2D eigenvalue weighted by atomic mass is 16.5. The zero-order valence-electron chi connectivity index (χ0n) is 13.1. The van der Waals surface area contributed by atoms with Gasteiger partial charge in [0.15, 0.2) is 0 Å². The van der Waals surface area contributed by atoms with Crippen LogP contribution in [0.5, 0.6) is 0 Å². The smallest absolute Gasteiger partial charge is 0.254 e. The first kappa shape index (κ1) is 16.0. The molecule has 1 saturated heterocycles. The Morgan fingerprint density at radius 2 is 2.05 bits per heavy atom. The van der Waals surface area contributed by atoms with Crippen LogP contribution in [0.1, 0.15) is 28.8 Å². The van der Waals surface area contributed by atoms with Gasteiger partial charge in [0.05, 0.1) is 0 Å². The number of carbonyl (C=O) groups excluding carboxylic acids is 1. The highest BCUT2D eigenvalue weighted by Gasteiger charge is 2.24. The normalized spacial score (nSPS) is 16.2. The van der Waals surface area contributed by atoms with Gasteiger partial charge in [0.2, 0.25) is 0 Å². The Kier molecular flexibility index (Phi) is 6.21. The van der Waals surface area contributed by atoms with Crippen LogP contribution in [0, 0.1) is 5.92 Å². The molecular weight excluding hydrogens is 264 g/mol. The van der Waals surface area contributed by atoms with Gasteiger partial charge in [-0.3, -0.25) is 4.79 Å². The molecule has 2 rings (SSSR count). The Labute approximate surface area is 127 Å². The molecule has 21 heavy (non-hydrogen) atoms. The number of piperidine rings is 1. The highest BCUT2D eigenvalue weighted by Crippen LogP contribution is 2.20. The van der Waals surface area contributed by atoms with E-state index < -0.39 is 0 Å². The highest BCUT2D eigenvalue weighted by molar-refractivity contribution is 5.95. The van der Waals surface area contributed by atoms with E-state index in [0.29, 0.717) is 5.92 Å². The predicted molar refractivity (Wildman–Crippen MR) is 84.6 cm³/mol. The summed E-state index contributed by atoms with van der Waals surface area (Å²) in [6, 6.07) is 7.97. The predicted octanol–water partition coefficient (Wildman–Crippen LogP) is 1.95. The molecule has 1 aliphatic heterocycles. The molecule has 0 aliphatic carbocycles. The lowest BCUT2D eigenvalue weighted by Gasteiger charge is -2.32. The lowest BCUT2D eigenvalue weighted by molar-refractivity contribution is 0.0612. The van der Waals surface area contributed by atoms with Gasteiger partial charge >= 0.3 is 0 Å². The monoisotopic (exact) mass is 290 g/mol. The van der Waals surface area contributed by atoms with Crippen molar-refractivity contribution in [3.8, 4) is 0 Å². The average molecular weight is 290 g/mol. The molecule has 0 spiro atoms. The summed E-state index contributed by atoms with van der Waals surface area (Å²) < 4.78 is 5.21. The maximum atomic E-state index is 12.7. The Balaban J connectivity index is 2.00. The largest absolute Gasteiger partial charge is 0.384 e. The third-order valence-electron chi connectivity index (χ3n) is 4.20. The number of benzene rings is 1. The second-order valence-electron chi connectivity index (χ2n) is 5.70. The average Bonchev–Trinajstić information content (AvgIpc) is 2.53. The van der Waals surface area contributed by atoms with E-state index in [9.17, 15) is 4.79 Å². The number of likely N-dealkylation sites (tertiary alicyclic amines) is 1. The van der Waals surface area contributed by atoms with Gasteiger partial charge < -0.3 is 15.0 Å². The quantitative estimate of drug-likeness (QED) is 0.870. The molecule has 1 N–H and O–H groups in total. The number of hydrogen-bond donors (Lipinski definition) is 1. The Morgan fingerprint density at radius 1 is 1.33 bits per heavy atom. The van der Waals surface area contributed by atoms with Crippen molar-refractivity contribution < 1.29 is 9.53 Å². The van der Waals surface area contributed by atoms with Gasteiger partial charge in [-0.05, 0) is 50.4 Å². The number of ether oxygens (including phenoxy) is 1. The zero-order valence-corrected chi connectivity index (χ0v) is 13.1. The van der Waals surface area contributed by atoms with Crippen LogP contribution in [-0.4, -0.2) is 51.2 Å². The molecule has 1 heterocycles. The number of likely N-dealkylation sites (N-methyl/N-ethyl adjacent to an activating group) is 1. The van der Waals surface area contributed by atoms with Gasteiger partial charge in [0.1, 0.15) is 0 Å². The molecule has 4 heteroatoms. The van der Waals surface area contributed by atoms with Crippen molar-refractivity contribution in [1.29, 1.82) is 0 Å². The fourth-order valence-corrected chi connectivity index (χ4v) is 2.92. The second-order valence-corrected chi connectivity index (χ2v) is 5.70. The van der Waals surface area contributed by atoms with E-state index in [2.05, 4.69) is 11.4 Å². The van der Waals surface area contributed by atoms with Gasteiger partial charge in [-0.1, -0.05) is 18.2 Å². The minimum Gasteiger partial charge on any atom is -0.384 e. The van der Waals surface area contributed by atoms with Crippen molar-refractivity contribution in [3.05, 3.63) is 35.4 Å². The van der Waals surface area contributed by atoms with E-state index in [1.807, 2.05) is 30.1 Å². The van der Waals surface area contributed by atoms with Crippen molar-refractivity contribution in [2.75, 3.05) is 40.4 Å².